The Kier molecular flexibility index (Phi) is 2.45. The first-order valence-corrected chi connectivity index (χ1v) is 4.47. The first-order valence-electron chi connectivity index (χ1n) is 4.47. The normalized spacial score (nSPS) is 18.4. The van der Waals surface area contributed by atoms with Gasteiger partial charge < -0.3 is 14.8 Å². The monoisotopic (exact) mass is 211 g/mol. The molecule has 5 heteroatoms. The fourth-order valence-corrected chi connectivity index (χ4v) is 1.41. The SMILES string of the molecule is COC(=O)C1COc2cc(F)ccc2N1. The number of hydrogen-bond acceptors (Lipinski definition) is 4. The molecule has 80 valence electrons. The van der Waals surface area contributed by atoms with Crippen molar-refractivity contribution in [3.05, 3.63) is 24.0 Å². The minimum Gasteiger partial charge on any atom is -0.489 e. The van der Waals surface area contributed by atoms with Crippen LogP contribution in [0.5, 0.6) is 5.75 Å². The first-order chi connectivity index (χ1) is 7.20. The number of anilines is 1. The highest BCUT2D eigenvalue weighted by molar-refractivity contribution is 5.81. The second kappa shape index (κ2) is 3.76. The molecule has 15 heavy (non-hydrogen) atoms. The largest absolute Gasteiger partial charge is 0.489 e. The lowest BCUT2D eigenvalue weighted by Crippen LogP contribution is -2.39. The number of hydrogen-bond donors (Lipinski definition) is 1. The Labute approximate surface area is 86.0 Å². The summed E-state index contributed by atoms with van der Waals surface area (Å²) in [6.45, 7) is 0.142. The van der Waals surface area contributed by atoms with E-state index >= 15 is 0 Å². The summed E-state index contributed by atoms with van der Waals surface area (Å²) in [5.41, 5.74) is 0.595. The minimum absolute atomic E-state index is 0.142. The first kappa shape index (κ1) is 9.76. The smallest absolute Gasteiger partial charge is 0.331 e. The molecule has 1 unspecified atom stereocenters. The van der Waals surface area contributed by atoms with Crippen LogP contribution in [0.25, 0.3) is 0 Å². The third-order valence-electron chi connectivity index (χ3n) is 2.16. The molecule has 0 saturated carbocycles. The van der Waals surface area contributed by atoms with E-state index in [0.717, 1.165) is 0 Å². The fraction of sp³-hybridized carbons (Fsp3) is 0.300. The predicted octanol–water partition coefficient (Wildman–Crippen LogP) is 1.17. The van der Waals surface area contributed by atoms with Crippen LogP contribution in [0, 0.1) is 5.82 Å². The second-order valence-electron chi connectivity index (χ2n) is 3.17. The molecule has 0 saturated heterocycles. The number of carbonyl (C=O) groups excluding carboxylic acids is 1. The van der Waals surface area contributed by atoms with Gasteiger partial charge in [-0.1, -0.05) is 0 Å². The van der Waals surface area contributed by atoms with E-state index in [1.165, 1.54) is 25.3 Å². The minimum atomic E-state index is -0.534. The summed E-state index contributed by atoms with van der Waals surface area (Å²) in [7, 11) is 1.31. The molecule has 1 aromatic rings. The van der Waals surface area contributed by atoms with Crippen LogP contribution < -0.4 is 10.1 Å². The maximum atomic E-state index is 12.8. The zero-order valence-electron chi connectivity index (χ0n) is 8.12. The third-order valence-corrected chi connectivity index (χ3v) is 2.16. The van der Waals surface area contributed by atoms with Crippen LogP contribution in [-0.2, 0) is 9.53 Å². The van der Waals surface area contributed by atoms with Crippen molar-refractivity contribution in [2.75, 3.05) is 19.0 Å². The van der Waals surface area contributed by atoms with E-state index in [1.54, 1.807) is 0 Å². The Bertz CT molecular complexity index is 394. The van der Waals surface area contributed by atoms with Gasteiger partial charge in [-0.05, 0) is 12.1 Å². The summed E-state index contributed by atoms with van der Waals surface area (Å²) in [6.07, 6.45) is 0. The zero-order valence-corrected chi connectivity index (χ0v) is 8.12. The molecule has 0 bridgehead atoms. The molecule has 1 aromatic carbocycles. The molecule has 2 rings (SSSR count). The van der Waals surface area contributed by atoms with Gasteiger partial charge in [-0.2, -0.15) is 0 Å². The van der Waals surface area contributed by atoms with Gasteiger partial charge in [0.1, 0.15) is 18.2 Å². The van der Waals surface area contributed by atoms with E-state index in [2.05, 4.69) is 10.1 Å². The quantitative estimate of drug-likeness (QED) is 0.708. The van der Waals surface area contributed by atoms with Crippen LogP contribution in [0.4, 0.5) is 10.1 Å². The Hall–Kier alpha value is -1.78. The van der Waals surface area contributed by atoms with Gasteiger partial charge in [-0.15, -0.1) is 0 Å². The highest BCUT2D eigenvalue weighted by Gasteiger charge is 2.25. The topological polar surface area (TPSA) is 47.6 Å². The van der Waals surface area contributed by atoms with E-state index in [1.807, 2.05) is 0 Å². The maximum absolute atomic E-state index is 12.8. The van der Waals surface area contributed by atoms with Crippen molar-refractivity contribution in [1.82, 2.24) is 0 Å². The molecule has 1 aliphatic rings. The van der Waals surface area contributed by atoms with Gasteiger partial charge in [0.05, 0.1) is 12.8 Å². The van der Waals surface area contributed by atoms with Crippen molar-refractivity contribution in [3.8, 4) is 5.75 Å². The average molecular weight is 211 g/mol. The highest BCUT2D eigenvalue weighted by Crippen LogP contribution is 2.29. The van der Waals surface area contributed by atoms with Crippen LogP contribution in [0.2, 0.25) is 0 Å². The zero-order chi connectivity index (χ0) is 10.8. The highest BCUT2D eigenvalue weighted by atomic mass is 19.1. The lowest BCUT2D eigenvalue weighted by atomic mass is 10.2. The average Bonchev–Trinajstić information content (AvgIpc) is 2.27. The van der Waals surface area contributed by atoms with E-state index < -0.39 is 12.0 Å². The van der Waals surface area contributed by atoms with Crippen molar-refractivity contribution in [3.63, 3.8) is 0 Å². The molecule has 0 spiro atoms. The molecule has 0 fully saturated rings. The van der Waals surface area contributed by atoms with E-state index in [-0.39, 0.29) is 12.4 Å². The van der Waals surface area contributed by atoms with Gasteiger partial charge in [0.2, 0.25) is 0 Å². The lowest BCUT2D eigenvalue weighted by molar-refractivity contribution is -0.142. The van der Waals surface area contributed by atoms with Crippen molar-refractivity contribution < 1.29 is 18.7 Å². The van der Waals surface area contributed by atoms with Crippen LogP contribution in [0.15, 0.2) is 18.2 Å². The fourth-order valence-electron chi connectivity index (χ4n) is 1.41. The standard InChI is InChI=1S/C10H10FNO3/c1-14-10(13)8-5-15-9-4-6(11)2-3-7(9)12-8/h2-4,8,12H,5H2,1H3. The molecule has 1 atom stereocenters. The number of nitrogens with one attached hydrogen (secondary N) is 1. The van der Waals surface area contributed by atoms with Gasteiger partial charge >= 0.3 is 5.97 Å². The van der Waals surface area contributed by atoms with E-state index in [0.29, 0.717) is 11.4 Å². The van der Waals surface area contributed by atoms with Crippen LogP contribution in [0.3, 0.4) is 0 Å². The summed E-state index contributed by atoms with van der Waals surface area (Å²) in [5, 5.41) is 2.91. The number of fused-ring (bicyclic) bond motifs is 1. The number of benzene rings is 1. The number of halogens is 1. The van der Waals surface area contributed by atoms with Crippen molar-refractivity contribution in [1.29, 1.82) is 0 Å². The van der Waals surface area contributed by atoms with Crippen molar-refractivity contribution in [2.45, 2.75) is 6.04 Å². The number of rotatable bonds is 1. The molecule has 0 aliphatic carbocycles. The number of esters is 1. The Morgan fingerprint density at radius 3 is 3.20 bits per heavy atom. The number of carbonyl (C=O) groups is 1. The van der Waals surface area contributed by atoms with Gasteiger partial charge in [-0.25, -0.2) is 9.18 Å². The van der Waals surface area contributed by atoms with Gasteiger partial charge in [-0.3, -0.25) is 0 Å². The lowest BCUT2D eigenvalue weighted by Gasteiger charge is -2.25. The van der Waals surface area contributed by atoms with E-state index in [9.17, 15) is 9.18 Å². The summed E-state index contributed by atoms with van der Waals surface area (Å²) in [5.74, 6) is -0.354. The Balaban J connectivity index is 2.20. The summed E-state index contributed by atoms with van der Waals surface area (Å²) >= 11 is 0. The molecular weight excluding hydrogens is 201 g/mol. The Morgan fingerprint density at radius 1 is 1.67 bits per heavy atom. The summed E-state index contributed by atoms with van der Waals surface area (Å²) < 4.78 is 22.6. The molecule has 1 N–H and O–H groups in total. The number of methoxy groups -OCH3 is 1. The van der Waals surface area contributed by atoms with Gasteiger partial charge in [0.25, 0.3) is 0 Å². The molecule has 1 aliphatic heterocycles. The molecule has 0 aromatic heterocycles. The summed E-state index contributed by atoms with van der Waals surface area (Å²) in [6, 6.07) is 3.57. The molecule has 1 heterocycles. The summed E-state index contributed by atoms with van der Waals surface area (Å²) in [4.78, 5) is 11.2. The Morgan fingerprint density at radius 2 is 2.47 bits per heavy atom. The second-order valence-corrected chi connectivity index (χ2v) is 3.17. The van der Waals surface area contributed by atoms with Gasteiger partial charge in [0, 0.05) is 6.07 Å². The van der Waals surface area contributed by atoms with Crippen molar-refractivity contribution in [2.24, 2.45) is 0 Å². The number of ether oxygens (including phenoxy) is 2. The molecular formula is C10H10FNO3. The molecule has 0 amide bonds. The van der Waals surface area contributed by atoms with Crippen LogP contribution >= 0.6 is 0 Å². The van der Waals surface area contributed by atoms with E-state index in [4.69, 9.17) is 4.74 Å². The predicted molar refractivity (Wildman–Crippen MR) is 51.3 cm³/mol. The van der Waals surface area contributed by atoms with Crippen LogP contribution in [0.1, 0.15) is 0 Å². The maximum Gasteiger partial charge on any atom is 0.331 e. The molecule has 4 nitrogen and oxygen atoms in total. The van der Waals surface area contributed by atoms with Crippen molar-refractivity contribution >= 4 is 11.7 Å². The molecule has 0 radical (unpaired) electrons. The van der Waals surface area contributed by atoms with Crippen LogP contribution in [-0.4, -0.2) is 25.7 Å². The third kappa shape index (κ3) is 1.86. The van der Waals surface area contributed by atoms with Gasteiger partial charge in [0.15, 0.2) is 6.04 Å².